The number of hydrogen-bond acceptors (Lipinski definition) is 5. The summed E-state index contributed by atoms with van der Waals surface area (Å²) in [5.41, 5.74) is -1.20. The molecule has 0 spiro atoms. The molecular weight excluding hydrogens is 352 g/mol. The van der Waals surface area contributed by atoms with Crippen molar-refractivity contribution in [3.63, 3.8) is 0 Å². The lowest BCUT2D eigenvalue weighted by atomic mass is 9.81. The monoisotopic (exact) mass is 372 g/mol. The molecule has 1 N–H and O–H groups in total. The molecule has 2 aliphatic heterocycles. The van der Waals surface area contributed by atoms with Gasteiger partial charge in [0, 0.05) is 37.0 Å². The number of carbonyl (C=O) groups is 2. The van der Waals surface area contributed by atoms with Crippen molar-refractivity contribution in [3.8, 4) is 0 Å². The Labute approximate surface area is 144 Å². The van der Waals surface area contributed by atoms with Crippen LogP contribution < -0.4 is 0 Å². The summed E-state index contributed by atoms with van der Waals surface area (Å²) in [6.07, 6.45) is 0. The van der Waals surface area contributed by atoms with Gasteiger partial charge in [-0.2, -0.15) is 0 Å². The summed E-state index contributed by atoms with van der Waals surface area (Å²) >= 11 is 1.38. The quantitative estimate of drug-likeness (QED) is 0.846. The average molecular weight is 372 g/mol. The lowest BCUT2D eigenvalue weighted by Gasteiger charge is -2.24. The number of nitrogens with zero attached hydrogens (tertiary/aromatic N) is 2. The minimum atomic E-state index is -3.43. The van der Waals surface area contributed by atoms with E-state index in [0.717, 1.165) is 4.88 Å². The smallest absolute Gasteiger partial charge is 0.313 e. The Morgan fingerprint density at radius 2 is 2.04 bits per heavy atom. The van der Waals surface area contributed by atoms with E-state index >= 15 is 0 Å². The topological polar surface area (TPSA) is 95.0 Å². The van der Waals surface area contributed by atoms with Crippen molar-refractivity contribution in [2.45, 2.75) is 13.8 Å². The highest BCUT2D eigenvalue weighted by Gasteiger charge is 2.60. The second-order valence-corrected chi connectivity index (χ2v) is 9.99. The maximum absolute atomic E-state index is 12.6. The first-order chi connectivity index (χ1) is 11.2. The molecule has 0 aliphatic carbocycles. The number of aryl methyl sites for hydroxylation is 1. The average Bonchev–Trinajstić information content (AvgIpc) is 3.18. The zero-order valence-electron chi connectivity index (χ0n) is 13.6. The standard InChI is InChI=1S/C15H20N2O5S2/c1-3-24(21,22)17-7-11-6-16(8-15(11,9-17)14(19)20)13(18)12-5-4-10(2)23-12/h4-5,11H,3,6-9H2,1-2H3,(H,19,20)/t11-,15-/m1/s1. The normalized spacial score (nSPS) is 27.4. The van der Waals surface area contributed by atoms with Crippen LogP contribution in [-0.2, 0) is 14.8 Å². The van der Waals surface area contributed by atoms with Gasteiger partial charge in [0.05, 0.1) is 10.6 Å². The third-order valence-corrected chi connectivity index (χ3v) is 7.78. The summed E-state index contributed by atoms with van der Waals surface area (Å²) in [4.78, 5) is 27.7. The second kappa shape index (κ2) is 5.82. The maximum Gasteiger partial charge on any atom is 0.313 e. The highest BCUT2D eigenvalue weighted by atomic mass is 32.2. The fraction of sp³-hybridized carbons (Fsp3) is 0.600. The Bertz CT molecular complexity index is 788. The van der Waals surface area contributed by atoms with Crippen LogP contribution in [0.1, 0.15) is 21.5 Å². The molecule has 3 rings (SSSR count). The van der Waals surface area contributed by atoms with Crippen molar-refractivity contribution in [1.82, 2.24) is 9.21 Å². The van der Waals surface area contributed by atoms with Crippen LogP contribution in [0.2, 0.25) is 0 Å². The number of carboxylic acid groups (broad SMARTS) is 1. The van der Waals surface area contributed by atoms with Gasteiger partial charge in [0.15, 0.2) is 0 Å². The lowest BCUT2D eigenvalue weighted by Crippen LogP contribution is -2.43. The van der Waals surface area contributed by atoms with Crippen LogP contribution >= 0.6 is 11.3 Å². The number of sulfonamides is 1. The molecular formula is C15H20N2O5S2. The maximum atomic E-state index is 12.6. The molecule has 0 radical (unpaired) electrons. The number of fused-ring (bicyclic) bond motifs is 1. The summed E-state index contributed by atoms with van der Waals surface area (Å²) < 4.78 is 25.4. The van der Waals surface area contributed by atoms with E-state index in [9.17, 15) is 23.1 Å². The molecule has 7 nitrogen and oxygen atoms in total. The van der Waals surface area contributed by atoms with E-state index in [1.165, 1.54) is 15.6 Å². The molecule has 2 fully saturated rings. The molecule has 0 aromatic carbocycles. The molecule has 1 amide bonds. The first-order valence-corrected chi connectivity index (χ1v) is 10.2. The number of likely N-dealkylation sites (tertiary alicyclic amines) is 1. The molecule has 1 aromatic heterocycles. The number of rotatable bonds is 4. The third kappa shape index (κ3) is 2.64. The van der Waals surface area contributed by atoms with E-state index in [-0.39, 0.29) is 43.8 Å². The molecule has 2 atom stereocenters. The van der Waals surface area contributed by atoms with Crippen molar-refractivity contribution in [2.24, 2.45) is 11.3 Å². The van der Waals surface area contributed by atoms with Crippen molar-refractivity contribution in [1.29, 1.82) is 0 Å². The summed E-state index contributed by atoms with van der Waals surface area (Å²) in [6.45, 7) is 3.89. The number of aliphatic carboxylic acids is 1. The summed E-state index contributed by atoms with van der Waals surface area (Å²) in [5.74, 6) is -1.62. The molecule has 1 aromatic rings. The minimum absolute atomic E-state index is 0.0491. The lowest BCUT2D eigenvalue weighted by molar-refractivity contribution is -0.148. The SMILES string of the molecule is CCS(=O)(=O)N1C[C@H]2CN(C(=O)c3ccc(C)s3)C[C@@]2(C(=O)O)C1. The first kappa shape index (κ1) is 17.4. The zero-order valence-corrected chi connectivity index (χ0v) is 15.2. The number of carboxylic acids is 1. The Balaban J connectivity index is 1.84. The predicted octanol–water partition coefficient (Wildman–Crippen LogP) is 0.865. The first-order valence-electron chi connectivity index (χ1n) is 7.76. The van der Waals surface area contributed by atoms with Gasteiger partial charge in [0.25, 0.3) is 5.91 Å². The highest BCUT2D eigenvalue weighted by molar-refractivity contribution is 7.89. The van der Waals surface area contributed by atoms with Gasteiger partial charge < -0.3 is 10.0 Å². The van der Waals surface area contributed by atoms with Crippen molar-refractivity contribution in [3.05, 3.63) is 21.9 Å². The number of hydrogen-bond donors (Lipinski definition) is 1. The van der Waals surface area contributed by atoms with E-state index in [1.807, 2.05) is 13.0 Å². The highest BCUT2D eigenvalue weighted by Crippen LogP contribution is 2.44. The Kier molecular flexibility index (Phi) is 4.21. The van der Waals surface area contributed by atoms with Crippen LogP contribution in [0, 0.1) is 18.3 Å². The van der Waals surface area contributed by atoms with Crippen molar-refractivity contribution >= 4 is 33.2 Å². The Morgan fingerprint density at radius 3 is 2.54 bits per heavy atom. The number of carbonyl (C=O) groups excluding carboxylic acids is 1. The van der Waals surface area contributed by atoms with E-state index < -0.39 is 21.4 Å². The summed E-state index contributed by atoms with van der Waals surface area (Å²) in [7, 11) is -3.43. The predicted molar refractivity (Wildman–Crippen MR) is 89.6 cm³/mol. The van der Waals surface area contributed by atoms with Gasteiger partial charge in [0.1, 0.15) is 5.41 Å². The number of amides is 1. The summed E-state index contributed by atoms with van der Waals surface area (Å²) in [5, 5.41) is 9.75. The van der Waals surface area contributed by atoms with Gasteiger partial charge >= 0.3 is 5.97 Å². The van der Waals surface area contributed by atoms with Gasteiger partial charge in [-0.25, -0.2) is 12.7 Å². The molecule has 0 bridgehead atoms. The van der Waals surface area contributed by atoms with Crippen LogP contribution in [0.15, 0.2) is 12.1 Å². The molecule has 2 aliphatic rings. The van der Waals surface area contributed by atoms with Crippen LogP contribution in [0.25, 0.3) is 0 Å². The van der Waals surface area contributed by atoms with E-state index in [2.05, 4.69) is 0 Å². The zero-order chi connectivity index (χ0) is 17.7. The van der Waals surface area contributed by atoms with E-state index in [4.69, 9.17) is 0 Å². The van der Waals surface area contributed by atoms with Crippen molar-refractivity contribution < 1.29 is 23.1 Å². The Morgan fingerprint density at radius 1 is 1.33 bits per heavy atom. The van der Waals surface area contributed by atoms with E-state index in [0.29, 0.717) is 4.88 Å². The minimum Gasteiger partial charge on any atom is -0.481 e. The van der Waals surface area contributed by atoms with Gasteiger partial charge in [-0.05, 0) is 26.0 Å². The largest absolute Gasteiger partial charge is 0.481 e. The summed E-state index contributed by atoms with van der Waals surface area (Å²) in [6, 6.07) is 3.61. The van der Waals surface area contributed by atoms with Gasteiger partial charge in [-0.1, -0.05) is 0 Å². The number of thiophene rings is 1. The second-order valence-electron chi connectivity index (χ2n) is 6.45. The molecule has 0 unspecified atom stereocenters. The van der Waals surface area contributed by atoms with Gasteiger partial charge in [-0.15, -0.1) is 11.3 Å². The van der Waals surface area contributed by atoms with Crippen LogP contribution in [0.3, 0.4) is 0 Å². The molecule has 24 heavy (non-hydrogen) atoms. The fourth-order valence-electron chi connectivity index (χ4n) is 3.58. The molecule has 132 valence electrons. The van der Waals surface area contributed by atoms with Crippen LogP contribution in [0.4, 0.5) is 0 Å². The molecule has 0 saturated carbocycles. The van der Waals surface area contributed by atoms with Crippen LogP contribution in [0.5, 0.6) is 0 Å². The van der Waals surface area contributed by atoms with Gasteiger partial charge in [0.2, 0.25) is 10.0 Å². The molecule has 3 heterocycles. The Hall–Kier alpha value is -1.45. The third-order valence-electron chi connectivity index (χ3n) is 5.00. The van der Waals surface area contributed by atoms with Crippen LogP contribution in [-0.4, -0.2) is 66.5 Å². The van der Waals surface area contributed by atoms with Gasteiger partial charge in [-0.3, -0.25) is 9.59 Å². The molecule has 9 heteroatoms. The molecule has 2 saturated heterocycles. The van der Waals surface area contributed by atoms with Crippen molar-refractivity contribution in [2.75, 3.05) is 31.9 Å². The van der Waals surface area contributed by atoms with E-state index in [1.54, 1.807) is 17.9 Å². The fourth-order valence-corrected chi connectivity index (χ4v) is 5.61.